The number of carbonyl (C=O) groups excluding carboxylic acids is 3. The van der Waals surface area contributed by atoms with Crippen LogP contribution in [0.15, 0.2) is 48.0 Å². The Morgan fingerprint density at radius 3 is 2.32 bits per heavy atom. The van der Waals surface area contributed by atoms with Crippen molar-refractivity contribution >= 4 is 17.8 Å². The molecule has 0 spiro atoms. The van der Waals surface area contributed by atoms with Crippen molar-refractivity contribution in [2.24, 2.45) is 5.92 Å². The van der Waals surface area contributed by atoms with E-state index in [0.29, 0.717) is 11.5 Å². The summed E-state index contributed by atoms with van der Waals surface area (Å²) in [7, 11) is 2.48. The van der Waals surface area contributed by atoms with Crippen LogP contribution in [0, 0.1) is 5.92 Å². The van der Waals surface area contributed by atoms with Gasteiger partial charge < -0.3 is 20.1 Å². The standard InChI is InChI=1S/C21H32N2O5/c1-15(2)12-10-8-7-9-11-13-16(3)19(24)22-17(4)20(25)23-18(14-27-5)21(26)28-6/h9,11,13-15H,4,7-8,10,12H2,1-3,5-6H3,(H,22,24)(H,23,25). The second-order valence-electron chi connectivity index (χ2n) is 6.60. The highest BCUT2D eigenvalue weighted by molar-refractivity contribution is 6.04. The Morgan fingerprint density at radius 2 is 1.75 bits per heavy atom. The molecule has 0 unspecified atom stereocenters. The average molecular weight is 392 g/mol. The summed E-state index contributed by atoms with van der Waals surface area (Å²) < 4.78 is 9.23. The fourth-order valence-electron chi connectivity index (χ4n) is 2.05. The van der Waals surface area contributed by atoms with Crippen molar-refractivity contribution in [3.05, 3.63) is 48.0 Å². The molecule has 2 amide bonds. The zero-order valence-corrected chi connectivity index (χ0v) is 17.5. The van der Waals surface area contributed by atoms with Crippen LogP contribution in [0.1, 0.15) is 46.5 Å². The van der Waals surface area contributed by atoms with Gasteiger partial charge in [0.1, 0.15) is 6.26 Å². The minimum Gasteiger partial charge on any atom is -0.502 e. The van der Waals surface area contributed by atoms with Crippen molar-refractivity contribution in [3.8, 4) is 0 Å². The molecule has 2 N–H and O–H groups in total. The predicted molar refractivity (Wildman–Crippen MR) is 109 cm³/mol. The molecule has 0 radical (unpaired) electrons. The first-order valence-corrected chi connectivity index (χ1v) is 9.19. The van der Waals surface area contributed by atoms with Crippen molar-refractivity contribution in [1.29, 1.82) is 0 Å². The number of ether oxygens (including phenoxy) is 2. The first kappa shape index (κ1) is 25.2. The third kappa shape index (κ3) is 11.0. The van der Waals surface area contributed by atoms with E-state index in [9.17, 15) is 14.4 Å². The normalized spacial score (nSPS) is 12.1. The maximum Gasteiger partial charge on any atom is 0.357 e. The highest BCUT2D eigenvalue weighted by Crippen LogP contribution is 2.08. The van der Waals surface area contributed by atoms with E-state index in [4.69, 9.17) is 4.74 Å². The summed E-state index contributed by atoms with van der Waals surface area (Å²) in [5.74, 6) is -1.28. The molecule has 0 saturated heterocycles. The number of hydrogen-bond acceptors (Lipinski definition) is 5. The molecule has 28 heavy (non-hydrogen) atoms. The van der Waals surface area contributed by atoms with E-state index in [-0.39, 0.29) is 11.4 Å². The molecule has 0 aliphatic heterocycles. The Bertz CT molecular complexity index is 645. The van der Waals surface area contributed by atoms with E-state index in [2.05, 4.69) is 35.8 Å². The van der Waals surface area contributed by atoms with Gasteiger partial charge in [0.2, 0.25) is 0 Å². The molecule has 0 saturated carbocycles. The van der Waals surface area contributed by atoms with Crippen molar-refractivity contribution in [2.45, 2.75) is 46.5 Å². The quantitative estimate of drug-likeness (QED) is 0.175. The molecule has 0 aromatic rings. The molecule has 0 atom stereocenters. The van der Waals surface area contributed by atoms with Gasteiger partial charge in [-0.25, -0.2) is 4.79 Å². The Balaban J connectivity index is 4.54. The van der Waals surface area contributed by atoms with E-state index in [1.807, 2.05) is 12.2 Å². The second-order valence-corrected chi connectivity index (χ2v) is 6.60. The zero-order chi connectivity index (χ0) is 21.5. The van der Waals surface area contributed by atoms with Gasteiger partial charge in [0.15, 0.2) is 5.70 Å². The van der Waals surface area contributed by atoms with Gasteiger partial charge in [-0.3, -0.25) is 9.59 Å². The van der Waals surface area contributed by atoms with Crippen LogP contribution in [0.2, 0.25) is 0 Å². The van der Waals surface area contributed by atoms with Gasteiger partial charge in [-0.1, -0.05) is 51.5 Å². The molecule has 7 heteroatoms. The summed E-state index contributed by atoms with van der Waals surface area (Å²) in [5, 5.41) is 4.66. The van der Waals surface area contributed by atoms with E-state index < -0.39 is 17.8 Å². The van der Waals surface area contributed by atoms with E-state index >= 15 is 0 Å². The molecular weight excluding hydrogens is 360 g/mol. The van der Waals surface area contributed by atoms with Gasteiger partial charge in [0.05, 0.1) is 19.9 Å². The summed E-state index contributed by atoms with van der Waals surface area (Å²) in [6.45, 7) is 9.56. The molecule has 0 rings (SSSR count). The number of amides is 2. The van der Waals surface area contributed by atoms with Crippen molar-refractivity contribution in [3.63, 3.8) is 0 Å². The van der Waals surface area contributed by atoms with Crippen molar-refractivity contribution in [2.75, 3.05) is 14.2 Å². The van der Waals surface area contributed by atoms with Crippen LogP contribution in [0.5, 0.6) is 0 Å². The molecule has 0 fully saturated rings. The lowest BCUT2D eigenvalue weighted by Gasteiger charge is -2.10. The van der Waals surface area contributed by atoms with Crippen LogP contribution in [0.25, 0.3) is 0 Å². The minimum atomic E-state index is -0.788. The monoisotopic (exact) mass is 392 g/mol. The third-order valence-electron chi connectivity index (χ3n) is 3.67. The Morgan fingerprint density at radius 1 is 1.07 bits per heavy atom. The van der Waals surface area contributed by atoms with E-state index in [1.165, 1.54) is 27.1 Å². The Hall–Kier alpha value is -2.83. The first-order chi connectivity index (χ1) is 13.2. The fraction of sp³-hybridized carbons (Fsp3) is 0.476. The molecule has 156 valence electrons. The second kappa shape index (κ2) is 14.3. The van der Waals surface area contributed by atoms with E-state index in [0.717, 1.165) is 19.1 Å². The third-order valence-corrected chi connectivity index (χ3v) is 3.67. The maximum atomic E-state index is 12.1. The lowest BCUT2D eigenvalue weighted by Crippen LogP contribution is -2.36. The molecule has 0 heterocycles. The summed E-state index contributed by atoms with van der Waals surface area (Å²) in [6.07, 6.45) is 11.0. The van der Waals surface area contributed by atoms with Gasteiger partial charge in [0.25, 0.3) is 11.8 Å². The van der Waals surface area contributed by atoms with Crippen LogP contribution in [-0.2, 0) is 23.9 Å². The molecule has 0 bridgehead atoms. The minimum absolute atomic E-state index is 0.207. The summed E-state index contributed by atoms with van der Waals surface area (Å²) in [5.41, 5.74) is 0.00684. The molecular formula is C21H32N2O5. The van der Waals surface area contributed by atoms with Crippen LogP contribution in [0.4, 0.5) is 0 Å². The molecule has 0 aliphatic rings. The van der Waals surface area contributed by atoms with Gasteiger partial charge in [-0.2, -0.15) is 0 Å². The molecule has 0 aliphatic carbocycles. The van der Waals surface area contributed by atoms with Gasteiger partial charge in [-0.15, -0.1) is 0 Å². The first-order valence-electron chi connectivity index (χ1n) is 9.19. The van der Waals surface area contributed by atoms with Gasteiger partial charge >= 0.3 is 5.97 Å². The topological polar surface area (TPSA) is 93.7 Å². The highest BCUT2D eigenvalue weighted by Gasteiger charge is 2.17. The number of carbonyl (C=O) groups is 3. The van der Waals surface area contributed by atoms with Crippen LogP contribution >= 0.6 is 0 Å². The largest absolute Gasteiger partial charge is 0.502 e. The number of unbranched alkanes of at least 4 members (excludes halogenated alkanes) is 2. The zero-order valence-electron chi connectivity index (χ0n) is 17.5. The highest BCUT2D eigenvalue weighted by atomic mass is 16.5. The number of allylic oxidation sites excluding steroid dienone is 3. The number of esters is 1. The van der Waals surface area contributed by atoms with Crippen molar-refractivity contribution in [1.82, 2.24) is 10.6 Å². The van der Waals surface area contributed by atoms with Crippen LogP contribution in [0.3, 0.4) is 0 Å². The molecule has 7 nitrogen and oxygen atoms in total. The predicted octanol–water partition coefficient (Wildman–Crippen LogP) is 3.11. The maximum absolute atomic E-state index is 12.1. The van der Waals surface area contributed by atoms with Crippen LogP contribution < -0.4 is 10.6 Å². The Labute approximate surface area is 167 Å². The van der Waals surface area contributed by atoms with Gasteiger partial charge in [0, 0.05) is 5.57 Å². The number of nitrogens with one attached hydrogen (secondary N) is 2. The van der Waals surface area contributed by atoms with Gasteiger partial charge in [-0.05, 0) is 25.7 Å². The number of hydrogen-bond donors (Lipinski definition) is 2. The SMILES string of the molecule is C=C(NC(=O)C(C)=CC=CCCCCC(C)C)C(=O)NC(=COC)C(=O)OC. The van der Waals surface area contributed by atoms with E-state index in [1.54, 1.807) is 13.0 Å². The smallest absolute Gasteiger partial charge is 0.357 e. The number of methoxy groups -OCH3 is 2. The fourth-order valence-corrected chi connectivity index (χ4v) is 2.05. The summed E-state index contributed by atoms with van der Waals surface area (Å²) in [4.78, 5) is 35.7. The average Bonchev–Trinajstić information content (AvgIpc) is 2.65. The molecule has 0 aromatic carbocycles. The lowest BCUT2D eigenvalue weighted by molar-refractivity contribution is -0.137. The lowest BCUT2D eigenvalue weighted by atomic mass is 10.1. The molecule has 0 aromatic heterocycles. The van der Waals surface area contributed by atoms with Crippen molar-refractivity contribution < 1.29 is 23.9 Å². The Kier molecular flexibility index (Phi) is 12.8. The summed E-state index contributed by atoms with van der Waals surface area (Å²) in [6, 6.07) is 0. The summed E-state index contributed by atoms with van der Waals surface area (Å²) >= 11 is 0. The van der Waals surface area contributed by atoms with Crippen LogP contribution in [-0.4, -0.2) is 32.0 Å². The number of rotatable bonds is 12.